The molecule has 0 bridgehead atoms. The fourth-order valence-corrected chi connectivity index (χ4v) is 4.70. The van der Waals surface area contributed by atoms with Gasteiger partial charge in [-0.25, -0.2) is 19.3 Å². The highest BCUT2D eigenvalue weighted by Gasteiger charge is 2.35. The smallest absolute Gasteiger partial charge is 0.437 e. The van der Waals surface area contributed by atoms with Crippen molar-refractivity contribution < 1.29 is 28.6 Å². The molecule has 0 radical (unpaired) electrons. The van der Waals surface area contributed by atoms with Crippen LogP contribution >= 0.6 is 45.2 Å². The summed E-state index contributed by atoms with van der Waals surface area (Å²) in [6.45, 7) is 11.6. The maximum Gasteiger partial charge on any atom is 0.437 e. The quantitative estimate of drug-likeness (QED) is 0.114. The zero-order chi connectivity index (χ0) is 30.3. The molecule has 1 fully saturated rings. The van der Waals surface area contributed by atoms with Gasteiger partial charge in [-0.1, -0.05) is 28.7 Å². The number of benzene rings is 1. The maximum atomic E-state index is 13.6. The third kappa shape index (κ3) is 11.1. The van der Waals surface area contributed by atoms with Crippen LogP contribution in [0, 0.1) is 3.57 Å². The zero-order valence-corrected chi connectivity index (χ0v) is 28.9. The number of amides is 4. The predicted octanol–water partition coefficient (Wildman–Crippen LogP) is 5.78. The summed E-state index contributed by atoms with van der Waals surface area (Å²) < 4.78 is 19.0. The molecule has 1 aliphatic rings. The van der Waals surface area contributed by atoms with Gasteiger partial charge in [-0.05, 0) is 94.7 Å². The van der Waals surface area contributed by atoms with Crippen molar-refractivity contribution in [1.29, 1.82) is 0 Å². The molecule has 1 saturated heterocycles. The van der Waals surface area contributed by atoms with E-state index < -0.39 is 23.4 Å². The van der Waals surface area contributed by atoms with Crippen LogP contribution in [-0.4, -0.2) is 100.0 Å². The van der Waals surface area contributed by atoms with Crippen molar-refractivity contribution in [2.24, 2.45) is 4.99 Å². The van der Waals surface area contributed by atoms with Crippen LogP contribution in [0.4, 0.5) is 14.4 Å². The molecule has 0 atom stereocenters. The number of ether oxygens (including phenoxy) is 3. The minimum Gasteiger partial charge on any atom is -0.492 e. The molecule has 0 unspecified atom stereocenters. The van der Waals surface area contributed by atoms with Gasteiger partial charge in [-0.15, -0.1) is 4.99 Å². The van der Waals surface area contributed by atoms with Gasteiger partial charge in [0.1, 0.15) is 17.0 Å². The largest absolute Gasteiger partial charge is 0.492 e. The first-order valence-corrected chi connectivity index (χ1v) is 15.6. The summed E-state index contributed by atoms with van der Waals surface area (Å²) >= 11 is 4.56. The third-order valence-corrected chi connectivity index (χ3v) is 6.90. The highest BCUT2D eigenvalue weighted by molar-refractivity contribution is 14.1. The Morgan fingerprint density at radius 1 is 1.02 bits per heavy atom. The normalized spacial score (nSPS) is 14.8. The number of rotatable bonds is 7. The Morgan fingerprint density at radius 2 is 1.62 bits per heavy atom. The summed E-state index contributed by atoms with van der Waals surface area (Å²) in [5.74, 6) is 0.859. The number of hydrogen-bond acceptors (Lipinski definition) is 6. The average Bonchev–Trinajstić information content (AvgIpc) is 2.80. The summed E-state index contributed by atoms with van der Waals surface area (Å²) in [4.78, 5) is 49.1. The number of hydrogen-bond donors (Lipinski definition) is 0. The highest BCUT2D eigenvalue weighted by atomic mass is 127. The fourth-order valence-electron chi connectivity index (χ4n) is 3.65. The van der Waals surface area contributed by atoms with Crippen LogP contribution in [0.25, 0.3) is 0 Å². The van der Waals surface area contributed by atoms with Crippen LogP contribution < -0.4 is 4.74 Å². The molecule has 1 aliphatic heterocycles. The average molecular weight is 785 g/mol. The molecular formula is C27H41I2N5O6. The lowest BCUT2D eigenvalue weighted by atomic mass is 10.1. The molecule has 13 heteroatoms. The molecule has 4 amide bonds. The molecule has 224 valence electrons. The van der Waals surface area contributed by atoms with Gasteiger partial charge in [0, 0.05) is 25.1 Å². The third-order valence-electron chi connectivity index (χ3n) is 5.30. The van der Waals surface area contributed by atoms with E-state index in [1.54, 1.807) is 60.5 Å². The molecule has 0 N–H and O–H groups in total. The fraction of sp³-hybridized carbons (Fsp3) is 0.630. The monoisotopic (exact) mass is 785 g/mol. The molecule has 0 spiro atoms. The number of guanidine groups is 1. The van der Waals surface area contributed by atoms with E-state index in [0.29, 0.717) is 13.0 Å². The van der Waals surface area contributed by atoms with Gasteiger partial charge in [-0.2, -0.15) is 0 Å². The lowest BCUT2D eigenvalue weighted by Gasteiger charge is -2.42. The second-order valence-electron chi connectivity index (χ2n) is 11.4. The molecule has 0 saturated carbocycles. The summed E-state index contributed by atoms with van der Waals surface area (Å²) in [5, 5.41) is 0. The van der Waals surface area contributed by atoms with Crippen molar-refractivity contribution in [3.63, 3.8) is 0 Å². The first kappa shape index (κ1) is 34.2. The molecule has 1 heterocycles. The molecule has 2 rings (SSSR count). The number of halogens is 2. The van der Waals surface area contributed by atoms with Crippen molar-refractivity contribution >= 4 is 69.4 Å². The van der Waals surface area contributed by atoms with Gasteiger partial charge < -0.3 is 28.9 Å². The summed E-state index contributed by atoms with van der Waals surface area (Å²) in [6, 6.07) is 5.71. The molecule has 11 nitrogen and oxygen atoms in total. The summed E-state index contributed by atoms with van der Waals surface area (Å²) in [7, 11) is 3.28. The Kier molecular flexibility index (Phi) is 12.6. The van der Waals surface area contributed by atoms with E-state index in [1.165, 1.54) is 14.7 Å². The van der Waals surface area contributed by atoms with Crippen LogP contribution in [-0.2, 0) is 15.9 Å². The maximum absolute atomic E-state index is 13.6. The van der Waals surface area contributed by atoms with Crippen LogP contribution in [0.5, 0.6) is 5.75 Å². The molecule has 0 aliphatic carbocycles. The van der Waals surface area contributed by atoms with Gasteiger partial charge in [0.05, 0.1) is 23.5 Å². The van der Waals surface area contributed by atoms with Crippen molar-refractivity contribution in [3.05, 3.63) is 27.3 Å². The van der Waals surface area contributed by atoms with Crippen molar-refractivity contribution in [2.75, 3.05) is 45.0 Å². The van der Waals surface area contributed by atoms with Gasteiger partial charge >= 0.3 is 18.2 Å². The second-order valence-corrected chi connectivity index (χ2v) is 13.7. The topological polar surface area (TPSA) is 104 Å². The molecule has 0 aromatic heterocycles. The van der Waals surface area contributed by atoms with E-state index in [9.17, 15) is 14.4 Å². The number of carbonyl (C=O) groups excluding carboxylic acids is 3. The number of carbonyl (C=O) groups is 3. The van der Waals surface area contributed by atoms with Crippen LogP contribution in [0.2, 0.25) is 0 Å². The number of nitrogens with zero attached hydrogens (tertiary/aromatic N) is 5. The Balaban J connectivity index is 2.44. The van der Waals surface area contributed by atoms with Crippen molar-refractivity contribution in [1.82, 2.24) is 19.6 Å². The van der Waals surface area contributed by atoms with Gasteiger partial charge in [0.2, 0.25) is 5.96 Å². The van der Waals surface area contributed by atoms with E-state index in [1.807, 2.05) is 18.2 Å². The standard InChI is InChI=1S/C27H41I2N5O6/c1-26(2,3)39-23(35)30-22(33-17-31(7)24(36)32(8)18-33)34(25(37)40-27(4,5)6)14-12-19-10-11-21(20(29)16-19)38-15-9-13-28/h10-11,16H,9,12-15,17-18H2,1-8H3/b30-22-. The SMILES string of the molecule is CN1CN(/C(=N/C(=O)OC(C)(C)C)N(CCc2ccc(OCCCI)c(I)c2)C(=O)OC(C)(C)C)CN(C)C1=O. The Bertz CT molecular complexity index is 1070. The first-order chi connectivity index (χ1) is 18.5. The molecule has 1 aromatic rings. The summed E-state index contributed by atoms with van der Waals surface area (Å²) in [6.07, 6.45) is -0.0869. The Hall–Kier alpha value is -2.04. The van der Waals surface area contributed by atoms with Crippen molar-refractivity contribution in [2.45, 2.75) is 65.6 Å². The van der Waals surface area contributed by atoms with E-state index in [4.69, 9.17) is 14.2 Å². The van der Waals surface area contributed by atoms with Crippen LogP contribution in [0.1, 0.15) is 53.5 Å². The molecular weight excluding hydrogens is 744 g/mol. The number of aliphatic imine (C=N–C) groups is 1. The van der Waals surface area contributed by atoms with Crippen LogP contribution in [0.3, 0.4) is 0 Å². The van der Waals surface area contributed by atoms with E-state index >= 15 is 0 Å². The second kappa shape index (κ2) is 14.7. The molecule has 40 heavy (non-hydrogen) atoms. The Morgan fingerprint density at radius 3 is 2.15 bits per heavy atom. The lowest BCUT2D eigenvalue weighted by Crippen LogP contribution is -2.61. The minimum atomic E-state index is -0.846. The van der Waals surface area contributed by atoms with E-state index in [-0.39, 0.29) is 31.9 Å². The van der Waals surface area contributed by atoms with Crippen molar-refractivity contribution in [3.8, 4) is 5.75 Å². The zero-order valence-electron chi connectivity index (χ0n) is 24.6. The summed E-state index contributed by atoms with van der Waals surface area (Å²) in [5.41, 5.74) is -0.603. The number of urea groups is 1. The van der Waals surface area contributed by atoms with Gasteiger partial charge in [0.15, 0.2) is 0 Å². The highest BCUT2D eigenvalue weighted by Crippen LogP contribution is 2.24. The first-order valence-electron chi connectivity index (χ1n) is 13.0. The van der Waals surface area contributed by atoms with Gasteiger partial charge in [-0.3, -0.25) is 0 Å². The van der Waals surface area contributed by atoms with E-state index in [0.717, 1.165) is 25.7 Å². The predicted molar refractivity (Wildman–Crippen MR) is 171 cm³/mol. The molecule has 1 aromatic carbocycles. The van der Waals surface area contributed by atoms with Crippen LogP contribution in [0.15, 0.2) is 23.2 Å². The van der Waals surface area contributed by atoms with E-state index in [2.05, 4.69) is 50.2 Å². The van der Waals surface area contributed by atoms with Gasteiger partial charge in [0.25, 0.3) is 0 Å². The minimum absolute atomic E-state index is 0.0446. The Labute approximate surface area is 264 Å². The lowest BCUT2D eigenvalue weighted by molar-refractivity contribution is 0.0314. The number of alkyl halides is 1.